The average molecular weight is 291 g/mol. The summed E-state index contributed by atoms with van der Waals surface area (Å²) in [6.45, 7) is 0. The van der Waals surface area contributed by atoms with E-state index in [0.29, 0.717) is 0 Å². The molecule has 0 unspecified atom stereocenters. The monoisotopic (exact) mass is 289 g/mol. The molecule has 2 N–H and O–H groups in total. The number of benzene rings is 1. The third kappa shape index (κ3) is 1.34. The summed E-state index contributed by atoms with van der Waals surface area (Å²) in [6.07, 6.45) is 2.18. The minimum Gasteiger partial charge on any atom is -0.324 e. The van der Waals surface area contributed by atoms with Crippen LogP contribution in [0, 0.1) is 0 Å². The van der Waals surface area contributed by atoms with E-state index >= 15 is 0 Å². The maximum absolute atomic E-state index is 5.94. The van der Waals surface area contributed by atoms with Gasteiger partial charge in [-0.05, 0) is 36.1 Å². The number of fused-ring (bicyclic) bond motifs is 1. The van der Waals surface area contributed by atoms with Crippen molar-refractivity contribution >= 4 is 31.9 Å². The normalized spacial score (nSPS) is 21.1. The summed E-state index contributed by atoms with van der Waals surface area (Å²) < 4.78 is 2.28. The van der Waals surface area contributed by atoms with Crippen LogP contribution < -0.4 is 5.73 Å². The van der Waals surface area contributed by atoms with Gasteiger partial charge in [0.15, 0.2) is 0 Å². The fourth-order valence-corrected chi connectivity index (χ4v) is 3.13. The Morgan fingerprint density at radius 1 is 1.33 bits per heavy atom. The molecule has 0 aromatic heterocycles. The first kappa shape index (κ1) is 8.73. The molecule has 0 bridgehead atoms. The average Bonchev–Trinajstić information content (AvgIpc) is 2.33. The predicted molar refractivity (Wildman–Crippen MR) is 57.1 cm³/mol. The van der Waals surface area contributed by atoms with Gasteiger partial charge in [0.1, 0.15) is 0 Å². The molecule has 1 aliphatic carbocycles. The third-order valence-corrected chi connectivity index (χ3v) is 3.46. The van der Waals surface area contributed by atoms with Crippen LogP contribution >= 0.6 is 31.9 Å². The Morgan fingerprint density at radius 2 is 2.08 bits per heavy atom. The van der Waals surface area contributed by atoms with E-state index in [1.54, 1.807) is 0 Å². The maximum atomic E-state index is 5.94. The molecule has 0 heterocycles. The summed E-state index contributed by atoms with van der Waals surface area (Å²) in [7, 11) is 0. The van der Waals surface area contributed by atoms with Crippen molar-refractivity contribution in [1.29, 1.82) is 0 Å². The molecule has 1 aromatic carbocycles. The van der Waals surface area contributed by atoms with Gasteiger partial charge in [0.05, 0.1) is 0 Å². The first-order chi connectivity index (χ1) is 5.68. The van der Waals surface area contributed by atoms with Crippen LogP contribution in [0.1, 0.15) is 23.6 Å². The summed E-state index contributed by atoms with van der Waals surface area (Å²) in [5, 5.41) is 0. The quantitative estimate of drug-likeness (QED) is 0.780. The zero-order valence-electron chi connectivity index (χ0n) is 6.48. The van der Waals surface area contributed by atoms with Gasteiger partial charge in [0, 0.05) is 15.0 Å². The summed E-state index contributed by atoms with van der Waals surface area (Å²) in [6, 6.07) is 4.43. The van der Waals surface area contributed by atoms with E-state index in [9.17, 15) is 0 Å². The van der Waals surface area contributed by atoms with Crippen molar-refractivity contribution in [3.8, 4) is 0 Å². The Morgan fingerprint density at radius 3 is 2.83 bits per heavy atom. The SMILES string of the molecule is N[C@H]1CCc2c(Br)cc(Br)cc21. The van der Waals surface area contributed by atoms with E-state index in [1.165, 1.54) is 15.6 Å². The highest BCUT2D eigenvalue weighted by molar-refractivity contribution is 9.11. The topological polar surface area (TPSA) is 26.0 Å². The number of nitrogens with two attached hydrogens (primary N) is 1. The smallest absolute Gasteiger partial charge is 0.0301 e. The van der Waals surface area contributed by atoms with Crippen molar-refractivity contribution in [2.24, 2.45) is 5.73 Å². The molecule has 0 amide bonds. The third-order valence-electron chi connectivity index (χ3n) is 2.30. The van der Waals surface area contributed by atoms with Crippen molar-refractivity contribution in [3.05, 3.63) is 32.2 Å². The van der Waals surface area contributed by atoms with E-state index < -0.39 is 0 Å². The van der Waals surface area contributed by atoms with Crippen molar-refractivity contribution in [2.75, 3.05) is 0 Å². The van der Waals surface area contributed by atoms with Gasteiger partial charge in [-0.25, -0.2) is 0 Å². The lowest BCUT2D eigenvalue weighted by Crippen LogP contribution is -2.04. The van der Waals surface area contributed by atoms with Crippen LogP contribution in [0.4, 0.5) is 0 Å². The van der Waals surface area contributed by atoms with E-state index in [1.807, 2.05) is 0 Å². The van der Waals surface area contributed by atoms with Crippen molar-refractivity contribution in [2.45, 2.75) is 18.9 Å². The lowest BCUT2D eigenvalue weighted by Gasteiger charge is -2.06. The second-order valence-electron chi connectivity index (χ2n) is 3.10. The lowest BCUT2D eigenvalue weighted by atomic mass is 10.1. The molecule has 0 radical (unpaired) electrons. The zero-order chi connectivity index (χ0) is 8.72. The highest BCUT2D eigenvalue weighted by atomic mass is 79.9. The molecule has 0 saturated heterocycles. The minimum absolute atomic E-state index is 0.230. The van der Waals surface area contributed by atoms with Gasteiger partial charge in [-0.3, -0.25) is 0 Å². The van der Waals surface area contributed by atoms with Crippen LogP contribution in [-0.4, -0.2) is 0 Å². The molecule has 0 aliphatic heterocycles. The van der Waals surface area contributed by atoms with E-state index in [-0.39, 0.29) is 6.04 Å². The van der Waals surface area contributed by atoms with Gasteiger partial charge in [-0.2, -0.15) is 0 Å². The fraction of sp³-hybridized carbons (Fsp3) is 0.333. The molecular weight excluding hydrogens is 282 g/mol. The Bertz CT molecular complexity index is 323. The summed E-state index contributed by atoms with van der Waals surface area (Å²) in [5.74, 6) is 0. The van der Waals surface area contributed by atoms with Gasteiger partial charge >= 0.3 is 0 Å². The molecular formula is C9H9Br2N. The minimum atomic E-state index is 0.230. The second-order valence-corrected chi connectivity index (χ2v) is 4.87. The number of hydrogen-bond acceptors (Lipinski definition) is 1. The molecule has 1 aromatic rings. The summed E-state index contributed by atoms with van der Waals surface area (Å²) >= 11 is 7.00. The number of rotatable bonds is 0. The van der Waals surface area contributed by atoms with Gasteiger partial charge < -0.3 is 5.73 Å². The number of hydrogen-bond donors (Lipinski definition) is 1. The molecule has 1 nitrogen and oxygen atoms in total. The van der Waals surface area contributed by atoms with Crippen LogP contribution in [0.25, 0.3) is 0 Å². The lowest BCUT2D eigenvalue weighted by molar-refractivity contribution is 0.713. The predicted octanol–water partition coefficient (Wildman–Crippen LogP) is 3.16. The second kappa shape index (κ2) is 3.13. The van der Waals surface area contributed by atoms with Crippen molar-refractivity contribution in [1.82, 2.24) is 0 Å². The molecule has 0 fully saturated rings. The van der Waals surface area contributed by atoms with Crippen molar-refractivity contribution in [3.63, 3.8) is 0 Å². The van der Waals surface area contributed by atoms with Crippen LogP contribution in [0.3, 0.4) is 0 Å². The molecule has 12 heavy (non-hydrogen) atoms. The fourth-order valence-electron chi connectivity index (χ4n) is 1.67. The van der Waals surface area contributed by atoms with Crippen LogP contribution in [0.2, 0.25) is 0 Å². The highest BCUT2D eigenvalue weighted by Crippen LogP contribution is 2.36. The maximum Gasteiger partial charge on any atom is 0.0301 e. The summed E-state index contributed by atoms with van der Waals surface area (Å²) in [4.78, 5) is 0. The van der Waals surface area contributed by atoms with Gasteiger partial charge in [0.2, 0.25) is 0 Å². The van der Waals surface area contributed by atoms with E-state index in [0.717, 1.165) is 17.3 Å². The molecule has 1 aliphatic rings. The Labute approximate surface area is 88.6 Å². The van der Waals surface area contributed by atoms with Crippen LogP contribution in [0.15, 0.2) is 21.1 Å². The Balaban J connectivity index is 2.60. The molecule has 2 rings (SSSR count). The first-order valence-electron chi connectivity index (χ1n) is 3.92. The molecule has 64 valence electrons. The number of halogens is 2. The molecule has 3 heteroatoms. The van der Waals surface area contributed by atoms with Gasteiger partial charge in [-0.1, -0.05) is 31.9 Å². The van der Waals surface area contributed by atoms with Crippen LogP contribution in [0.5, 0.6) is 0 Å². The zero-order valence-corrected chi connectivity index (χ0v) is 9.65. The molecule has 0 saturated carbocycles. The van der Waals surface area contributed by atoms with E-state index in [2.05, 4.69) is 44.0 Å². The summed E-state index contributed by atoms with van der Waals surface area (Å²) in [5.41, 5.74) is 8.61. The first-order valence-corrected chi connectivity index (χ1v) is 5.50. The van der Waals surface area contributed by atoms with Crippen molar-refractivity contribution < 1.29 is 0 Å². The standard InChI is InChI=1S/C9H9Br2N/c10-5-3-7-6(8(11)4-5)1-2-9(7)12/h3-4,9H,1-2,12H2/t9-/m0/s1. The molecule has 1 atom stereocenters. The Hall–Kier alpha value is 0.140. The molecule has 0 spiro atoms. The van der Waals surface area contributed by atoms with Crippen LogP contribution in [-0.2, 0) is 6.42 Å². The van der Waals surface area contributed by atoms with Gasteiger partial charge in [0.25, 0.3) is 0 Å². The van der Waals surface area contributed by atoms with Gasteiger partial charge in [-0.15, -0.1) is 0 Å². The Kier molecular flexibility index (Phi) is 2.27. The highest BCUT2D eigenvalue weighted by Gasteiger charge is 2.21. The van der Waals surface area contributed by atoms with E-state index in [4.69, 9.17) is 5.73 Å². The largest absolute Gasteiger partial charge is 0.324 e.